The highest BCUT2D eigenvalue weighted by molar-refractivity contribution is 7.86. The van der Waals surface area contributed by atoms with Gasteiger partial charge in [-0.2, -0.15) is 13.0 Å². The number of benzene rings is 2. The van der Waals surface area contributed by atoms with Crippen LogP contribution in [-0.4, -0.2) is 80.3 Å². The van der Waals surface area contributed by atoms with Gasteiger partial charge in [0.1, 0.15) is 6.54 Å². The third-order valence-corrected chi connectivity index (χ3v) is 12.1. The minimum Gasteiger partial charge on any atom is -0.748 e. The third-order valence-electron chi connectivity index (χ3n) is 10.5. The molecule has 0 spiro atoms. The summed E-state index contributed by atoms with van der Waals surface area (Å²) in [5.41, 5.74) is 9.57. The lowest BCUT2D eigenvalue weighted by Gasteiger charge is -2.27. The first kappa shape index (κ1) is 47.3. The van der Waals surface area contributed by atoms with Crippen molar-refractivity contribution in [3.8, 4) is 0 Å². The van der Waals surface area contributed by atoms with Crippen molar-refractivity contribution >= 4 is 58.5 Å². The summed E-state index contributed by atoms with van der Waals surface area (Å²) in [6.45, 7) is 14.5. The van der Waals surface area contributed by atoms with Crippen LogP contribution in [0.4, 0.5) is 11.4 Å². The standard InChI is InChI=1S/C39H50N2O6S2.2O3S/c1-7-8-24-40-34-17-10-9-16-32(34)38(3,4)36(40)22-18-29-14-13-15-30(28(29)2)19-23-37-39(5,6)33-27-31(49(45,46)47)20-21-35(33)41(37)25-11-12-26-48(42,43)44;2*1-4(2)3/h9-10,16-23,27H,7-8,11-15,24-26H2,1-6H3,(H-,42,43,44,45,46,47);;. The third kappa shape index (κ3) is 12.5. The van der Waals surface area contributed by atoms with Crippen LogP contribution in [0.25, 0.3) is 0 Å². The Morgan fingerprint density at radius 3 is 2.07 bits per heavy atom. The van der Waals surface area contributed by atoms with Gasteiger partial charge in [-0.15, -0.1) is 25.3 Å². The molecule has 0 atom stereocenters. The number of hydrogen-bond acceptors (Lipinski definition) is 12. The fourth-order valence-corrected chi connectivity index (χ4v) is 8.69. The molecule has 312 valence electrons. The minimum absolute atomic E-state index is 0.104. The number of para-hydroxylation sites is 1. The maximum Gasteiger partial charge on any atom is 0.425 e. The van der Waals surface area contributed by atoms with Gasteiger partial charge in [0.15, 0.2) is 5.71 Å². The lowest BCUT2D eigenvalue weighted by Crippen LogP contribution is -2.28. The van der Waals surface area contributed by atoms with E-state index in [1.807, 2.05) is 13.8 Å². The first-order valence-electron chi connectivity index (χ1n) is 18.3. The Bertz CT molecular complexity index is 2420. The summed E-state index contributed by atoms with van der Waals surface area (Å²) < 4.78 is 121. The van der Waals surface area contributed by atoms with E-state index in [0.717, 1.165) is 55.6 Å². The van der Waals surface area contributed by atoms with E-state index in [2.05, 4.69) is 85.7 Å². The number of anilines is 1. The predicted molar refractivity (Wildman–Crippen MR) is 216 cm³/mol. The summed E-state index contributed by atoms with van der Waals surface area (Å²) in [6.07, 6.45) is 14.8. The second-order valence-electron chi connectivity index (χ2n) is 14.9. The first-order valence-corrected chi connectivity index (χ1v) is 23.4. The lowest BCUT2D eigenvalue weighted by atomic mass is 9.80. The normalized spacial score (nSPS) is 18.6. The van der Waals surface area contributed by atoms with Crippen molar-refractivity contribution < 1.29 is 55.8 Å². The summed E-state index contributed by atoms with van der Waals surface area (Å²) in [7, 11) is -14.9. The smallest absolute Gasteiger partial charge is 0.425 e. The molecule has 18 heteroatoms. The van der Waals surface area contributed by atoms with Crippen LogP contribution in [0.5, 0.6) is 0 Å². The number of fused-ring (bicyclic) bond motifs is 2. The molecule has 14 nitrogen and oxygen atoms in total. The molecule has 0 saturated heterocycles. The molecule has 0 fully saturated rings. The number of hydrogen-bond donors (Lipinski definition) is 1. The van der Waals surface area contributed by atoms with E-state index in [0.29, 0.717) is 13.0 Å². The van der Waals surface area contributed by atoms with Gasteiger partial charge in [-0.25, -0.2) is 8.42 Å². The van der Waals surface area contributed by atoms with E-state index in [-0.39, 0.29) is 16.7 Å². The van der Waals surface area contributed by atoms with Crippen molar-refractivity contribution in [2.45, 2.75) is 102 Å². The van der Waals surface area contributed by atoms with E-state index in [1.165, 1.54) is 45.8 Å². The number of unbranched alkanes of at least 4 members (excludes halogenated alkanes) is 2. The molecule has 0 radical (unpaired) electrons. The van der Waals surface area contributed by atoms with Crippen LogP contribution in [-0.2, 0) is 52.3 Å². The fraction of sp³-hybridized carbons (Fsp3) is 0.462. The van der Waals surface area contributed by atoms with Crippen LogP contribution in [0.2, 0.25) is 0 Å². The molecule has 2 heterocycles. The topological polar surface area (TPSA) is 220 Å². The molecular weight excluding hydrogens is 817 g/mol. The van der Waals surface area contributed by atoms with E-state index in [1.54, 1.807) is 6.07 Å². The molecule has 2 aromatic carbocycles. The Balaban J connectivity index is 0.000000994. The second-order valence-corrected chi connectivity index (χ2v) is 18.7. The zero-order valence-corrected chi connectivity index (χ0v) is 36.2. The summed E-state index contributed by atoms with van der Waals surface area (Å²) in [6, 6.07) is 13.3. The molecule has 1 aliphatic carbocycles. The summed E-state index contributed by atoms with van der Waals surface area (Å²) in [5, 5.41) is 0. The SMILES string of the molecule is CCCC[N+]1=C(C=CC2=C(C)C(=CC=C3N(CCCCS(=O)(=O)[O-])c4ccc(S(=O)(=O)O)cc4C3(C)C)CCC2)C(C)(C)c2ccccc21.O=S(=O)=O.O=S(=O)=O. The predicted octanol–water partition coefficient (Wildman–Crippen LogP) is 6.09. The van der Waals surface area contributed by atoms with Gasteiger partial charge < -0.3 is 9.45 Å². The van der Waals surface area contributed by atoms with Gasteiger partial charge in [0, 0.05) is 53.2 Å². The molecule has 1 N–H and O–H groups in total. The maximum atomic E-state index is 12.0. The molecule has 2 aliphatic heterocycles. The highest BCUT2D eigenvalue weighted by atomic mass is 32.2. The van der Waals surface area contributed by atoms with Crippen molar-refractivity contribution in [3.05, 3.63) is 100 Å². The van der Waals surface area contributed by atoms with Crippen molar-refractivity contribution in [2.24, 2.45) is 0 Å². The van der Waals surface area contributed by atoms with Crippen LogP contribution < -0.4 is 4.90 Å². The molecule has 0 amide bonds. The Labute approximate surface area is 339 Å². The van der Waals surface area contributed by atoms with E-state index in [4.69, 9.17) is 25.3 Å². The number of allylic oxidation sites excluding steroid dienone is 8. The van der Waals surface area contributed by atoms with Crippen molar-refractivity contribution in [1.82, 2.24) is 0 Å². The summed E-state index contributed by atoms with van der Waals surface area (Å²) >= 11 is 0. The maximum absolute atomic E-state index is 12.0. The summed E-state index contributed by atoms with van der Waals surface area (Å²) in [4.78, 5) is 1.92. The van der Waals surface area contributed by atoms with Crippen molar-refractivity contribution in [1.29, 1.82) is 0 Å². The monoisotopic (exact) mass is 866 g/mol. The Kier molecular flexibility index (Phi) is 16.3. The van der Waals surface area contributed by atoms with Gasteiger partial charge in [-0.3, -0.25) is 4.55 Å². The minimum atomic E-state index is -4.40. The van der Waals surface area contributed by atoms with Crippen molar-refractivity contribution in [2.75, 3.05) is 23.7 Å². The fourth-order valence-electron chi connectivity index (χ4n) is 7.63. The zero-order valence-electron chi connectivity index (χ0n) is 32.9. The highest BCUT2D eigenvalue weighted by Crippen LogP contribution is 2.49. The molecule has 3 aliphatic rings. The molecule has 5 rings (SSSR count). The van der Waals surface area contributed by atoms with Gasteiger partial charge in [0.2, 0.25) is 5.69 Å². The van der Waals surface area contributed by atoms with Crippen LogP contribution in [0.3, 0.4) is 0 Å². The van der Waals surface area contributed by atoms with Gasteiger partial charge in [-0.05, 0) is 99.4 Å². The van der Waals surface area contributed by atoms with Crippen LogP contribution in [0.1, 0.15) is 97.6 Å². The number of rotatable bonds is 12. The largest absolute Gasteiger partial charge is 0.748 e. The van der Waals surface area contributed by atoms with Crippen LogP contribution >= 0.6 is 0 Å². The van der Waals surface area contributed by atoms with E-state index >= 15 is 0 Å². The second kappa shape index (κ2) is 19.6. The average Bonchev–Trinajstić information content (AvgIpc) is 3.44. The molecule has 0 bridgehead atoms. The molecule has 57 heavy (non-hydrogen) atoms. The van der Waals surface area contributed by atoms with Crippen LogP contribution in [0.15, 0.2) is 94.1 Å². The first-order chi connectivity index (χ1) is 26.4. The molecular formula is C39H50N2O12S4. The Morgan fingerprint density at radius 2 is 1.47 bits per heavy atom. The van der Waals surface area contributed by atoms with E-state index < -0.39 is 52.6 Å². The number of nitrogens with zero attached hydrogens (tertiary/aromatic N) is 2. The van der Waals surface area contributed by atoms with Crippen LogP contribution in [0, 0.1) is 0 Å². The zero-order chi connectivity index (χ0) is 42.9. The molecule has 0 unspecified atom stereocenters. The van der Waals surface area contributed by atoms with E-state index in [9.17, 15) is 25.9 Å². The highest BCUT2D eigenvalue weighted by Gasteiger charge is 2.44. The van der Waals surface area contributed by atoms with Gasteiger partial charge >= 0.3 is 21.2 Å². The van der Waals surface area contributed by atoms with Gasteiger partial charge in [0.05, 0.1) is 20.4 Å². The lowest BCUT2D eigenvalue weighted by molar-refractivity contribution is -0.438. The van der Waals surface area contributed by atoms with Crippen molar-refractivity contribution in [3.63, 3.8) is 0 Å². The Hall–Kier alpha value is -4.07. The quantitative estimate of drug-likeness (QED) is 0.145. The average molecular weight is 867 g/mol. The van der Waals surface area contributed by atoms with Gasteiger partial charge in [-0.1, -0.05) is 57.5 Å². The molecule has 0 aromatic heterocycles. The van der Waals surface area contributed by atoms with Gasteiger partial charge in [0.25, 0.3) is 10.1 Å². The summed E-state index contributed by atoms with van der Waals surface area (Å²) in [5.74, 6) is -0.430. The molecule has 0 saturated carbocycles. The molecule has 2 aromatic rings. The Morgan fingerprint density at radius 1 is 0.842 bits per heavy atom.